The van der Waals surface area contributed by atoms with Crippen molar-refractivity contribution >= 4 is 27.5 Å². The quantitative estimate of drug-likeness (QED) is 0.528. The Hall–Kier alpha value is -1.03. The van der Waals surface area contributed by atoms with Crippen LogP contribution >= 0.6 is 27.5 Å². The molecule has 1 fully saturated rings. The molecule has 0 unspecified atom stereocenters. The summed E-state index contributed by atoms with van der Waals surface area (Å²) in [7, 11) is 0. The van der Waals surface area contributed by atoms with Crippen LogP contribution in [0.3, 0.4) is 0 Å². The van der Waals surface area contributed by atoms with Gasteiger partial charge in [-0.1, -0.05) is 39.7 Å². The highest BCUT2D eigenvalue weighted by Crippen LogP contribution is 2.26. The number of halogens is 2. The van der Waals surface area contributed by atoms with Crippen LogP contribution < -0.4 is 4.74 Å². The zero-order valence-electron chi connectivity index (χ0n) is 15.4. The van der Waals surface area contributed by atoms with Crippen molar-refractivity contribution in [2.24, 2.45) is 5.92 Å². The van der Waals surface area contributed by atoms with Gasteiger partial charge in [0.15, 0.2) is 0 Å². The topological polar surface area (TPSA) is 12.5 Å². The molecule has 140 valence electrons. The first-order chi connectivity index (χ1) is 12.6. The van der Waals surface area contributed by atoms with E-state index in [9.17, 15) is 0 Å². The van der Waals surface area contributed by atoms with E-state index >= 15 is 0 Å². The Bertz CT molecular complexity index is 693. The summed E-state index contributed by atoms with van der Waals surface area (Å²) in [4.78, 5) is 2.59. The molecule has 0 N–H and O–H groups in total. The van der Waals surface area contributed by atoms with Crippen LogP contribution in [0.5, 0.6) is 5.75 Å². The molecular weight excluding hydrogens is 410 g/mol. The van der Waals surface area contributed by atoms with Gasteiger partial charge in [-0.2, -0.15) is 0 Å². The van der Waals surface area contributed by atoms with Crippen LogP contribution in [0.15, 0.2) is 46.9 Å². The van der Waals surface area contributed by atoms with Crippen LogP contribution in [0.2, 0.25) is 5.02 Å². The second-order valence-corrected chi connectivity index (χ2v) is 8.45. The largest absolute Gasteiger partial charge is 0.494 e. The lowest BCUT2D eigenvalue weighted by atomic mass is 9.90. The van der Waals surface area contributed by atoms with Gasteiger partial charge in [0, 0.05) is 16.0 Å². The van der Waals surface area contributed by atoms with Gasteiger partial charge in [-0.15, -0.1) is 0 Å². The van der Waals surface area contributed by atoms with E-state index in [2.05, 4.69) is 51.2 Å². The summed E-state index contributed by atoms with van der Waals surface area (Å²) in [6.07, 6.45) is 4.75. The van der Waals surface area contributed by atoms with E-state index in [1.165, 1.54) is 37.1 Å². The predicted molar refractivity (Wildman–Crippen MR) is 113 cm³/mol. The maximum atomic E-state index is 6.17. The second-order valence-electron chi connectivity index (χ2n) is 7.10. The van der Waals surface area contributed by atoms with Crippen molar-refractivity contribution in [2.45, 2.75) is 32.6 Å². The molecule has 2 aromatic rings. The Morgan fingerprint density at radius 3 is 2.65 bits per heavy atom. The van der Waals surface area contributed by atoms with E-state index in [0.717, 1.165) is 47.2 Å². The van der Waals surface area contributed by atoms with Crippen LogP contribution in [0, 0.1) is 5.92 Å². The third-order valence-electron chi connectivity index (χ3n) is 5.08. The Morgan fingerprint density at radius 2 is 1.92 bits per heavy atom. The zero-order chi connectivity index (χ0) is 18.4. The predicted octanol–water partition coefficient (Wildman–Crippen LogP) is 6.00. The molecule has 0 aromatic heterocycles. The SMILES string of the molecule is CCOc1cccc(CCN2CCC(Cc3cc(Cl)cc(Br)c3)CC2)c1. The van der Waals surface area contributed by atoms with Crippen molar-refractivity contribution in [3.63, 3.8) is 0 Å². The molecule has 3 rings (SSSR count). The molecule has 1 heterocycles. The highest BCUT2D eigenvalue weighted by molar-refractivity contribution is 9.10. The molecule has 26 heavy (non-hydrogen) atoms. The van der Waals surface area contributed by atoms with Crippen molar-refractivity contribution in [3.05, 3.63) is 63.1 Å². The molecule has 1 saturated heterocycles. The minimum atomic E-state index is 0.722. The Morgan fingerprint density at radius 1 is 1.12 bits per heavy atom. The zero-order valence-corrected chi connectivity index (χ0v) is 17.7. The molecule has 0 aliphatic carbocycles. The van der Waals surface area contributed by atoms with Crippen LogP contribution in [-0.4, -0.2) is 31.1 Å². The van der Waals surface area contributed by atoms with E-state index in [1.807, 2.05) is 19.1 Å². The number of ether oxygens (including phenoxy) is 1. The van der Waals surface area contributed by atoms with Gasteiger partial charge >= 0.3 is 0 Å². The minimum Gasteiger partial charge on any atom is -0.494 e. The van der Waals surface area contributed by atoms with Crippen molar-refractivity contribution in [2.75, 3.05) is 26.2 Å². The maximum absolute atomic E-state index is 6.17. The first kappa shape index (κ1) is 19.7. The van der Waals surface area contributed by atoms with E-state index in [-0.39, 0.29) is 0 Å². The lowest BCUT2D eigenvalue weighted by molar-refractivity contribution is 0.186. The van der Waals surface area contributed by atoms with Crippen molar-refractivity contribution < 1.29 is 4.74 Å². The van der Waals surface area contributed by atoms with Gasteiger partial charge in [-0.3, -0.25) is 0 Å². The van der Waals surface area contributed by atoms with E-state index in [4.69, 9.17) is 16.3 Å². The lowest BCUT2D eigenvalue weighted by Gasteiger charge is -2.32. The van der Waals surface area contributed by atoms with Crippen LogP contribution in [0.1, 0.15) is 30.9 Å². The molecule has 0 amide bonds. The number of benzene rings is 2. The average molecular weight is 437 g/mol. The number of rotatable bonds is 7. The molecule has 2 nitrogen and oxygen atoms in total. The average Bonchev–Trinajstić information content (AvgIpc) is 2.61. The van der Waals surface area contributed by atoms with E-state index < -0.39 is 0 Å². The molecule has 4 heteroatoms. The summed E-state index contributed by atoms with van der Waals surface area (Å²) in [6.45, 7) is 6.26. The fourth-order valence-corrected chi connectivity index (χ4v) is 4.65. The molecule has 0 bridgehead atoms. The van der Waals surface area contributed by atoms with Crippen molar-refractivity contribution in [1.29, 1.82) is 0 Å². The molecular formula is C22H27BrClNO. The highest BCUT2D eigenvalue weighted by Gasteiger charge is 2.19. The summed E-state index contributed by atoms with van der Waals surface area (Å²) in [5.74, 6) is 1.74. The lowest BCUT2D eigenvalue weighted by Crippen LogP contribution is -2.35. The molecule has 1 aliphatic heterocycles. The second kappa shape index (κ2) is 9.77. The van der Waals surface area contributed by atoms with Crippen LogP contribution in [-0.2, 0) is 12.8 Å². The Kier molecular flexibility index (Phi) is 7.42. The summed E-state index contributed by atoms with van der Waals surface area (Å²) in [5, 5.41) is 0.820. The summed E-state index contributed by atoms with van der Waals surface area (Å²) < 4.78 is 6.68. The molecule has 0 atom stereocenters. The molecule has 2 aromatic carbocycles. The number of hydrogen-bond donors (Lipinski definition) is 0. The van der Waals surface area contributed by atoms with Gasteiger partial charge in [0.05, 0.1) is 6.61 Å². The number of nitrogens with zero attached hydrogens (tertiary/aromatic N) is 1. The van der Waals surface area contributed by atoms with Crippen molar-refractivity contribution in [1.82, 2.24) is 4.90 Å². The standard InChI is InChI=1S/C22H27BrClNO/c1-2-26-22-5-3-4-17(15-22)6-9-25-10-7-18(8-11-25)12-19-13-20(23)16-21(24)14-19/h3-5,13-16,18H,2,6-12H2,1H3. The minimum absolute atomic E-state index is 0.722. The monoisotopic (exact) mass is 435 g/mol. The van der Waals surface area contributed by atoms with Gasteiger partial charge in [-0.05, 0) is 93.1 Å². The first-order valence-electron chi connectivity index (χ1n) is 9.51. The van der Waals surface area contributed by atoms with E-state index in [0.29, 0.717) is 0 Å². The third kappa shape index (κ3) is 6.00. The van der Waals surface area contributed by atoms with Crippen LogP contribution in [0.25, 0.3) is 0 Å². The fraction of sp³-hybridized carbons (Fsp3) is 0.455. The molecule has 0 radical (unpaired) electrons. The van der Waals surface area contributed by atoms with E-state index in [1.54, 1.807) is 0 Å². The summed E-state index contributed by atoms with van der Waals surface area (Å²) in [6, 6.07) is 14.8. The summed E-state index contributed by atoms with van der Waals surface area (Å²) in [5.41, 5.74) is 2.71. The summed E-state index contributed by atoms with van der Waals surface area (Å²) >= 11 is 9.72. The Balaban J connectivity index is 1.44. The third-order valence-corrected chi connectivity index (χ3v) is 5.76. The van der Waals surface area contributed by atoms with Crippen molar-refractivity contribution in [3.8, 4) is 5.75 Å². The van der Waals surface area contributed by atoms with Gasteiger partial charge in [0.25, 0.3) is 0 Å². The maximum Gasteiger partial charge on any atom is 0.119 e. The Labute approximate surface area is 170 Å². The van der Waals surface area contributed by atoms with Gasteiger partial charge in [0.1, 0.15) is 5.75 Å². The number of likely N-dealkylation sites (tertiary alicyclic amines) is 1. The smallest absolute Gasteiger partial charge is 0.119 e. The van der Waals surface area contributed by atoms with Crippen LogP contribution in [0.4, 0.5) is 0 Å². The number of piperidine rings is 1. The van der Waals surface area contributed by atoms with Gasteiger partial charge in [-0.25, -0.2) is 0 Å². The normalized spacial score (nSPS) is 16.0. The first-order valence-corrected chi connectivity index (χ1v) is 10.7. The number of hydrogen-bond acceptors (Lipinski definition) is 2. The molecule has 0 spiro atoms. The van der Waals surface area contributed by atoms with Gasteiger partial charge in [0.2, 0.25) is 0 Å². The highest BCUT2D eigenvalue weighted by atomic mass is 79.9. The van der Waals surface area contributed by atoms with Gasteiger partial charge < -0.3 is 9.64 Å². The molecule has 0 saturated carbocycles. The fourth-order valence-electron chi connectivity index (χ4n) is 3.72. The molecule has 1 aliphatic rings.